The first-order chi connectivity index (χ1) is 14.0. The van der Waals surface area contributed by atoms with Crippen LogP contribution in [0.25, 0.3) is 0 Å². The van der Waals surface area contributed by atoms with Crippen LogP contribution in [0, 0.1) is 25.2 Å². The highest BCUT2D eigenvalue weighted by atomic mass is 16.2. The largest absolute Gasteiger partial charge is 0.370 e. The number of hydrogen-bond donors (Lipinski definition) is 1. The van der Waals surface area contributed by atoms with Crippen molar-refractivity contribution in [2.75, 3.05) is 37.6 Å². The first-order valence-electron chi connectivity index (χ1n) is 10.3. The molecule has 1 N–H and O–H groups in total. The molecule has 1 atom stereocenters. The fourth-order valence-corrected chi connectivity index (χ4v) is 3.74. The average molecular weight is 391 g/mol. The summed E-state index contributed by atoms with van der Waals surface area (Å²) in [6.07, 6.45) is 1.01. The molecule has 0 aromatic heterocycles. The number of benzene rings is 2. The number of aryl methyl sites for hydroxylation is 2. The maximum atomic E-state index is 12.6. The third kappa shape index (κ3) is 5.58. The van der Waals surface area contributed by atoms with E-state index in [1.807, 2.05) is 31.2 Å². The highest BCUT2D eigenvalue weighted by Crippen LogP contribution is 2.18. The van der Waals surface area contributed by atoms with E-state index in [1.54, 1.807) is 0 Å². The average Bonchev–Trinajstić information content (AvgIpc) is 2.95. The van der Waals surface area contributed by atoms with Gasteiger partial charge in [0.1, 0.15) is 0 Å². The molecule has 0 spiro atoms. The van der Waals surface area contributed by atoms with Crippen LogP contribution in [0.15, 0.2) is 42.5 Å². The van der Waals surface area contributed by atoms with Crippen LogP contribution >= 0.6 is 0 Å². The third-order valence-electron chi connectivity index (χ3n) is 5.73. The summed E-state index contributed by atoms with van der Waals surface area (Å²) in [6.45, 7) is 10.3. The van der Waals surface area contributed by atoms with Crippen LogP contribution in [-0.2, 0) is 4.79 Å². The molecule has 0 radical (unpaired) electrons. The number of anilines is 1. The predicted octanol–water partition coefficient (Wildman–Crippen LogP) is 3.56. The Morgan fingerprint density at radius 1 is 1.07 bits per heavy atom. The first-order valence-corrected chi connectivity index (χ1v) is 10.3. The Bertz CT molecular complexity index is 885. The summed E-state index contributed by atoms with van der Waals surface area (Å²) in [7, 11) is 0. The molecule has 0 bridgehead atoms. The number of nitrogens with one attached hydrogen (secondary N) is 1. The van der Waals surface area contributed by atoms with E-state index in [4.69, 9.17) is 5.26 Å². The molecule has 1 fully saturated rings. The topological polar surface area (TPSA) is 59.4 Å². The molecular weight excluding hydrogens is 360 g/mol. The molecule has 1 saturated heterocycles. The number of rotatable bonds is 5. The van der Waals surface area contributed by atoms with Gasteiger partial charge in [-0.05, 0) is 68.1 Å². The molecule has 0 saturated carbocycles. The van der Waals surface area contributed by atoms with Crippen molar-refractivity contribution in [1.29, 1.82) is 5.26 Å². The smallest absolute Gasteiger partial charge is 0.234 e. The van der Waals surface area contributed by atoms with Crippen LogP contribution in [0.5, 0.6) is 0 Å². The van der Waals surface area contributed by atoms with Crippen molar-refractivity contribution in [3.05, 3.63) is 64.7 Å². The zero-order chi connectivity index (χ0) is 20.8. The predicted molar refractivity (Wildman–Crippen MR) is 117 cm³/mol. The zero-order valence-corrected chi connectivity index (χ0v) is 17.6. The van der Waals surface area contributed by atoms with Gasteiger partial charge < -0.3 is 10.2 Å². The van der Waals surface area contributed by atoms with Crippen LogP contribution in [0.3, 0.4) is 0 Å². The molecule has 1 amide bonds. The highest BCUT2D eigenvalue weighted by Gasteiger charge is 2.18. The minimum absolute atomic E-state index is 0.00363. The first kappa shape index (κ1) is 20.9. The number of carbonyl (C=O) groups excluding carboxylic acids is 1. The Hall–Kier alpha value is -2.84. The van der Waals surface area contributed by atoms with Gasteiger partial charge in [-0.2, -0.15) is 5.26 Å². The van der Waals surface area contributed by atoms with Gasteiger partial charge in [0, 0.05) is 31.9 Å². The highest BCUT2D eigenvalue weighted by molar-refractivity contribution is 5.78. The molecule has 152 valence electrons. The third-order valence-corrected chi connectivity index (χ3v) is 5.73. The lowest BCUT2D eigenvalue weighted by atomic mass is 10.0. The van der Waals surface area contributed by atoms with E-state index < -0.39 is 0 Å². The Morgan fingerprint density at radius 2 is 1.83 bits per heavy atom. The number of amides is 1. The van der Waals surface area contributed by atoms with Crippen LogP contribution < -0.4 is 10.2 Å². The van der Waals surface area contributed by atoms with Crippen molar-refractivity contribution >= 4 is 11.6 Å². The fourth-order valence-electron chi connectivity index (χ4n) is 3.74. The molecule has 29 heavy (non-hydrogen) atoms. The van der Waals surface area contributed by atoms with Gasteiger partial charge in [0.05, 0.1) is 24.2 Å². The second-order valence-electron chi connectivity index (χ2n) is 7.91. The van der Waals surface area contributed by atoms with Crippen LogP contribution in [0.2, 0.25) is 0 Å². The molecule has 0 aliphatic carbocycles. The number of nitrogens with zero attached hydrogens (tertiary/aromatic N) is 3. The molecule has 1 aliphatic heterocycles. The quantitative estimate of drug-likeness (QED) is 0.848. The van der Waals surface area contributed by atoms with Crippen molar-refractivity contribution < 1.29 is 4.79 Å². The summed E-state index contributed by atoms with van der Waals surface area (Å²) in [5.41, 5.74) is 5.48. The van der Waals surface area contributed by atoms with Crippen LogP contribution in [0.4, 0.5) is 5.69 Å². The molecule has 5 heteroatoms. The molecule has 2 aromatic rings. The number of hydrogen-bond acceptors (Lipinski definition) is 4. The molecule has 1 unspecified atom stereocenters. The molecule has 3 rings (SSSR count). The summed E-state index contributed by atoms with van der Waals surface area (Å²) >= 11 is 0. The van der Waals surface area contributed by atoms with Crippen molar-refractivity contribution in [1.82, 2.24) is 10.2 Å². The van der Waals surface area contributed by atoms with E-state index in [9.17, 15) is 4.79 Å². The van der Waals surface area contributed by atoms with Gasteiger partial charge in [-0.1, -0.05) is 18.2 Å². The van der Waals surface area contributed by atoms with Gasteiger partial charge in [0.25, 0.3) is 0 Å². The van der Waals surface area contributed by atoms with Gasteiger partial charge in [0.15, 0.2) is 0 Å². The minimum Gasteiger partial charge on any atom is -0.370 e. The van der Waals surface area contributed by atoms with E-state index in [0.717, 1.165) is 43.9 Å². The van der Waals surface area contributed by atoms with Crippen molar-refractivity contribution in [3.63, 3.8) is 0 Å². The molecule has 5 nitrogen and oxygen atoms in total. The van der Waals surface area contributed by atoms with E-state index in [0.29, 0.717) is 12.1 Å². The fraction of sp³-hybridized carbons (Fsp3) is 0.417. The molecule has 2 aromatic carbocycles. The Kier molecular flexibility index (Phi) is 6.90. The summed E-state index contributed by atoms with van der Waals surface area (Å²) in [5, 5.41) is 12.1. The van der Waals surface area contributed by atoms with Crippen molar-refractivity contribution in [2.24, 2.45) is 0 Å². The lowest BCUT2D eigenvalue weighted by Gasteiger charge is -2.24. The number of carbonyl (C=O) groups is 1. The van der Waals surface area contributed by atoms with Crippen LogP contribution in [0.1, 0.15) is 41.6 Å². The summed E-state index contributed by atoms with van der Waals surface area (Å²) in [6, 6.07) is 16.3. The minimum atomic E-state index is 0.00363. The van der Waals surface area contributed by atoms with E-state index in [1.165, 1.54) is 11.1 Å². The van der Waals surface area contributed by atoms with Gasteiger partial charge >= 0.3 is 0 Å². The Morgan fingerprint density at radius 3 is 2.52 bits per heavy atom. The number of nitriles is 1. The molecule has 1 heterocycles. The standard InChI is InChI=1S/C24H30N4O/c1-18-5-8-22(15-19(18)2)20(3)26-24(29)17-27-11-4-12-28(14-13-27)23-9-6-21(16-25)7-10-23/h5-10,15,20H,4,11-14,17H2,1-3H3,(H,26,29). The Labute approximate surface area is 173 Å². The molecule has 1 aliphatic rings. The lowest BCUT2D eigenvalue weighted by molar-refractivity contribution is -0.122. The van der Waals surface area contributed by atoms with Gasteiger partial charge in [-0.15, -0.1) is 0 Å². The van der Waals surface area contributed by atoms with E-state index >= 15 is 0 Å². The monoisotopic (exact) mass is 390 g/mol. The van der Waals surface area contributed by atoms with E-state index in [2.05, 4.69) is 53.2 Å². The van der Waals surface area contributed by atoms with Crippen molar-refractivity contribution in [3.8, 4) is 6.07 Å². The lowest BCUT2D eigenvalue weighted by Crippen LogP contribution is -2.40. The normalized spacial score (nSPS) is 16.0. The van der Waals surface area contributed by atoms with Gasteiger partial charge in [-0.25, -0.2) is 0 Å². The second-order valence-corrected chi connectivity index (χ2v) is 7.91. The maximum absolute atomic E-state index is 12.6. The second kappa shape index (κ2) is 9.58. The van der Waals surface area contributed by atoms with Gasteiger partial charge in [-0.3, -0.25) is 9.69 Å². The summed E-state index contributed by atoms with van der Waals surface area (Å²) in [4.78, 5) is 17.1. The van der Waals surface area contributed by atoms with Gasteiger partial charge in [0.2, 0.25) is 5.91 Å². The Balaban J connectivity index is 1.51. The van der Waals surface area contributed by atoms with Crippen LogP contribution in [-0.4, -0.2) is 43.5 Å². The SMILES string of the molecule is Cc1ccc(C(C)NC(=O)CN2CCCN(c3ccc(C#N)cc3)CC2)cc1C. The zero-order valence-electron chi connectivity index (χ0n) is 17.6. The maximum Gasteiger partial charge on any atom is 0.234 e. The summed E-state index contributed by atoms with van der Waals surface area (Å²) in [5.74, 6) is 0.0718. The van der Waals surface area contributed by atoms with E-state index in [-0.39, 0.29) is 11.9 Å². The molecular formula is C24H30N4O. The summed E-state index contributed by atoms with van der Waals surface area (Å²) < 4.78 is 0. The van der Waals surface area contributed by atoms with Crippen molar-refractivity contribution in [2.45, 2.75) is 33.2 Å².